The molecule has 0 spiro atoms. The van der Waals surface area contributed by atoms with Crippen molar-refractivity contribution in [1.29, 1.82) is 0 Å². The number of hydrogen-bond acceptors (Lipinski definition) is 4. The van der Waals surface area contributed by atoms with Gasteiger partial charge in [0, 0.05) is 18.9 Å². The molecular formula is C13H13N3OS. The Balaban J connectivity index is 1.86. The molecule has 1 atom stereocenters. The Kier molecular flexibility index (Phi) is 3.06. The number of thiazole rings is 1. The van der Waals surface area contributed by atoms with E-state index in [1.165, 1.54) is 11.3 Å². The Morgan fingerprint density at radius 2 is 2.33 bits per heavy atom. The zero-order valence-corrected chi connectivity index (χ0v) is 10.6. The average Bonchev–Trinajstić information content (AvgIpc) is 3.10. The van der Waals surface area contributed by atoms with Crippen LogP contribution in [0.4, 0.5) is 0 Å². The molecule has 0 aliphatic carbocycles. The van der Waals surface area contributed by atoms with E-state index in [0.717, 1.165) is 24.9 Å². The van der Waals surface area contributed by atoms with Crippen LogP contribution < -0.4 is 0 Å². The zero-order chi connectivity index (χ0) is 12.4. The molecule has 0 bridgehead atoms. The molecule has 1 amide bonds. The molecule has 0 radical (unpaired) electrons. The summed E-state index contributed by atoms with van der Waals surface area (Å²) in [6.45, 7) is 0.816. The van der Waals surface area contributed by atoms with Crippen molar-refractivity contribution in [2.75, 3.05) is 6.54 Å². The van der Waals surface area contributed by atoms with Gasteiger partial charge in [-0.25, -0.2) is 0 Å². The lowest BCUT2D eigenvalue weighted by molar-refractivity contribution is 0.0740. The van der Waals surface area contributed by atoms with E-state index in [9.17, 15) is 4.79 Å². The molecule has 0 N–H and O–H groups in total. The molecule has 18 heavy (non-hydrogen) atoms. The predicted molar refractivity (Wildman–Crippen MR) is 69.4 cm³/mol. The van der Waals surface area contributed by atoms with Gasteiger partial charge in [-0.05, 0) is 24.5 Å². The van der Waals surface area contributed by atoms with Gasteiger partial charge in [0.25, 0.3) is 5.91 Å². The summed E-state index contributed by atoms with van der Waals surface area (Å²) in [6, 6.07) is 4.12. The van der Waals surface area contributed by atoms with E-state index in [-0.39, 0.29) is 11.9 Å². The number of likely N-dealkylation sites (tertiary alicyclic amines) is 1. The Morgan fingerprint density at radius 3 is 3.06 bits per heavy atom. The summed E-state index contributed by atoms with van der Waals surface area (Å²) < 4.78 is 0. The summed E-state index contributed by atoms with van der Waals surface area (Å²) in [7, 11) is 0. The van der Waals surface area contributed by atoms with E-state index in [0.29, 0.717) is 4.88 Å². The van der Waals surface area contributed by atoms with Crippen molar-refractivity contribution in [2.45, 2.75) is 18.9 Å². The van der Waals surface area contributed by atoms with E-state index in [2.05, 4.69) is 9.97 Å². The molecule has 0 aromatic carbocycles. The van der Waals surface area contributed by atoms with E-state index in [1.54, 1.807) is 17.9 Å². The lowest BCUT2D eigenvalue weighted by atomic mass is 10.1. The number of nitrogens with zero attached hydrogens (tertiary/aromatic N) is 3. The number of aromatic nitrogens is 2. The average molecular weight is 259 g/mol. The molecule has 4 nitrogen and oxygen atoms in total. The quantitative estimate of drug-likeness (QED) is 0.832. The van der Waals surface area contributed by atoms with Crippen LogP contribution in [0.5, 0.6) is 0 Å². The Morgan fingerprint density at radius 1 is 1.39 bits per heavy atom. The fourth-order valence-electron chi connectivity index (χ4n) is 2.39. The van der Waals surface area contributed by atoms with Gasteiger partial charge in [0.05, 0.1) is 17.7 Å². The maximum atomic E-state index is 12.4. The van der Waals surface area contributed by atoms with Gasteiger partial charge in [-0.3, -0.25) is 14.8 Å². The van der Waals surface area contributed by atoms with Crippen molar-refractivity contribution in [1.82, 2.24) is 14.9 Å². The van der Waals surface area contributed by atoms with Crippen LogP contribution in [0.25, 0.3) is 0 Å². The summed E-state index contributed by atoms with van der Waals surface area (Å²) in [6.07, 6.45) is 7.31. The monoisotopic (exact) mass is 259 g/mol. The SMILES string of the molecule is O=C(c1cncs1)N1CCCC1c1cccnc1. The second-order valence-corrected chi connectivity index (χ2v) is 5.19. The van der Waals surface area contributed by atoms with Crippen LogP contribution in [-0.4, -0.2) is 27.3 Å². The predicted octanol–water partition coefficient (Wildman–Crippen LogP) is 2.52. The van der Waals surface area contributed by atoms with Gasteiger partial charge in [0.15, 0.2) is 0 Å². The summed E-state index contributed by atoms with van der Waals surface area (Å²) in [5, 5.41) is 0. The van der Waals surface area contributed by atoms with Crippen molar-refractivity contribution in [3.63, 3.8) is 0 Å². The van der Waals surface area contributed by atoms with Gasteiger partial charge in [-0.1, -0.05) is 6.07 Å². The minimum Gasteiger partial charge on any atom is -0.331 e. The van der Waals surface area contributed by atoms with Crippen molar-refractivity contribution >= 4 is 17.2 Å². The maximum Gasteiger partial charge on any atom is 0.266 e. The lowest BCUT2D eigenvalue weighted by Crippen LogP contribution is -2.30. The molecule has 3 rings (SSSR count). The van der Waals surface area contributed by atoms with Crippen molar-refractivity contribution < 1.29 is 4.79 Å². The van der Waals surface area contributed by atoms with E-state index in [4.69, 9.17) is 0 Å². The summed E-state index contributed by atoms with van der Waals surface area (Å²) in [5.41, 5.74) is 2.82. The van der Waals surface area contributed by atoms with Crippen molar-refractivity contribution in [3.05, 3.63) is 46.7 Å². The highest BCUT2D eigenvalue weighted by Gasteiger charge is 2.31. The fraction of sp³-hybridized carbons (Fsp3) is 0.308. The zero-order valence-electron chi connectivity index (χ0n) is 9.82. The van der Waals surface area contributed by atoms with Crippen LogP contribution in [0.15, 0.2) is 36.2 Å². The lowest BCUT2D eigenvalue weighted by Gasteiger charge is -2.24. The number of carbonyl (C=O) groups excluding carboxylic acids is 1. The molecule has 2 aromatic rings. The molecule has 1 aliphatic heterocycles. The first-order valence-electron chi connectivity index (χ1n) is 5.95. The second kappa shape index (κ2) is 4.86. The Hall–Kier alpha value is -1.75. The van der Waals surface area contributed by atoms with Gasteiger partial charge < -0.3 is 4.90 Å². The first-order chi connectivity index (χ1) is 8.86. The van der Waals surface area contributed by atoms with Gasteiger partial charge in [0.2, 0.25) is 0 Å². The molecule has 1 unspecified atom stereocenters. The second-order valence-electron chi connectivity index (χ2n) is 4.31. The molecular weight excluding hydrogens is 246 g/mol. The van der Waals surface area contributed by atoms with Gasteiger partial charge in [-0.2, -0.15) is 0 Å². The third-order valence-electron chi connectivity index (χ3n) is 3.23. The third kappa shape index (κ3) is 2.01. The Bertz CT molecular complexity index is 526. The molecule has 92 valence electrons. The molecule has 2 aromatic heterocycles. The van der Waals surface area contributed by atoms with Crippen LogP contribution in [0.1, 0.15) is 34.1 Å². The standard InChI is InChI=1S/C13H13N3OS/c17-13(12-8-15-9-18-12)16-6-2-4-11(16)10-3-1-5-14-7-10/h1,3,5,7-9,11H,2,4,6H2. The number of rotatable bonds is 2. The normalized spacial score (nSPS) is 19.1. The molecule has 0 saturated carbocycles. The minimum absolute atomic E-state index is 0.0869. The maximum absolute atomic E-state index is 12.4. The van der Waals surface area contributed by atoms with Gasteiger partial charge in [-0.15, -0.1) is 11.3 Å². The summed E-state index contributed by atoms with van der Waals surface area (Å²) in [4.78, 5) is 23.1. The summed E-state index contributed by atoms with van der Waals surface area (Å²) in [5.74, 6) is 0.0869. The first kappa shape index (κ1) is 11.3. The minimum atomic E-state index is 0.0869. The summed E-state index contributed by atoms with van der Waals surface area (Å²) >= 11 is 1.40. The first-order valence-corrected chi connectivity index (χ1v) is 6.83. The fourth-order valence-corrected chi connectivity index (χ4v) is 2.97. The van der Waals surface area contributed by atoms with Crippen LogP contribution >= 0.6 is 11.3 Å². The van der Waals surface area contributed by atoms with Crippen molar-refractivity contribution in [2.24, 2.45) is 0 Å². The van der Waals surface area contributed by atoms with E-state index >= 15 is 0 Å². The largest absolute Gasteiger partial charge is 0.331 e. The van der Waals surface area contributed by atoms with Crippen LogP contribution in [0, 0.1) is 0 Å². The van der Waals surface area contributed by atoms with Crippen molar-refractivity contribution in [3.8, 4) is 0 Å². The number of hydrogen-bond donors (Lipinski definition) is 0. The molecule has 5 heteroatoms. The molecule has 1 saturated heterocycles. The molecule has 1 aliphatic rings. The van der Waals surface area contributed by atoms with Crippen LogP contribution in [0.3, 0.4) is 0 Å². The highest BCUT2D eigenvalue weighted by atomic mass is 32.1. The number of amides is 1. The molecule has 3 heterocycles. The van der Waals surface area contributed by atoms with Crippen LogP contribution in [0.2, 0.25) is 0 Å². The van der Waals surface area contributed by atoms with Gasteiger partial charge >= 0.3 is 0 Å². The topological polar surface area (TPSA) is 46.1 Å². The number of pyridine rings is 1. The smallest absolute Gasteiger partial charge is 0.266 e. The van der Waals surface area contributed by atoms with Gasteiger partial charge in [0.1, 0.15) is 4.88 Å². The molecule has 1 fully saturated rings. The van der Waals surface area contributed by atoms with Crippen LogP contribution in [-0.2, 0) is 0 Å². The number of carbonyl (C=O) groups is 1. The van der Waals surface area contributed by atoms with E-state index in [1.807, 2.05) is 23.2 Å². The highest BCUT2D eigenvalue weighted by Crippen LogP contribution is 2.32. The third-order valence-corrected chi connectivity index (χ3v) is 3.99. The highest BCUT2D eigenvalue weighted by molar-refractivity contribution is 7.11. The van der Waals surface area contributed by atoms with E-state index < -0.39 is 0 Å². The Labute approximate surface area is 109 Å².